The van der Waals surface area contributed by atoms with E-state index in [1.54, 1.807) is 11.7 Å². The van der Waals surface area contributed by atoms with Gasteiger partial charge in [-0.2, -0.15) is 5.10 Å². The van der Waals surface area contributed by atoms with Crippen molar-refractivity contribution in [3.8, 4) is 0 Å². The molecule has 2 N–H and O–H groups in total. The summed E-state index contributed by atoms with van der Waals surface area (Å²) in [5.74, 6) is 0.539. The SMILES string of the molecule is CCCc1nn(C)c(NC2CCNC(C)C2)c1[N+](=O)[O-]. The van der Waals surface area contributed by atoms with Crippen LogP contribution < -0.4 is 10.6 Å². The number of nitrogens with zero attached hydrogens (tertiary/aromatic N) is 3. The van der Waals surface area contributed by atoms with Crippen LogP contribution in [0.4, 0.5) is 11.5 Å². The number of nitro groups is 1. The lowest BCUT2D eigenvalue weighted by atomic mass is 10.0. The molecule has 7 nitrogen and oxygen atoms in total. The van der Waals surface area contributed by atoms with Crippen LogP contribution in [0.3, 0.4) is 0 Å². The maximum absolute atomic E-state index is 11.3. The van der Waals surface area contributed by atoms with Crippen LogP contribution in [-0.2, 0) is 13.5 Å². The Morgan fingerprint density at radius 1 is 1.60 bits per heavy atom. The van der Waals surface area contributed by atoms with Crippen LogP contribution in [0.25, 0.3) is 0 Å². The second-order valence-corrected chi connectivity index (χ2v) is 5.50. The third-order valence-corrected chi connectivity index (χ3v) is 3.73. The van der Waals surface area contributed by atoms with Crippen molar-refractivity contribution >= 4 is 11.5 Å². The van der Waals surface area contributed by atoms with Crippen molar-refractivity contribution in [2.45, 2.75) is 51.6 Å². The third-order valence-electron chi connectivity index (χ3n) is 3.73. The fourth-order valence-electron chi connectivity index (χ4n) is 2.78. The number of aryl methyl sites for hydroxylation is 2. The Kier molecular flexibility index (Phi) is 4.59. The van der Waals surface area contributed by atoms with Gasteiger partial charge in [0.15, 0.2) is 0 Å². The number of hydrogen-bond acceptors (Lipinski definition) is 5. The largest absolute Gasteiger partial charge is 0.362 e. The van der Waals surface area contributed by atoms with Crippen molar-refractivity contribution in [3.05, 3.63) is 15.8 Å². The molecule has 0 bridgehead atoms. The van der Waals surface area contributed by atoms with E-state index >= 15 is 0 Å². The van der Waals surface area contributed by atoms with Crippen molar-refractivity contribution in [2.24, 2.45) is 7.05 Å². The molecule has 112 valence electrons. The minimum absolute atomic E-state index is 0.139. The molecule has 1 aromatic heterocycles. The summed E-state index contributed by atoms with van der Waals surface area (Å²) in [5, 5.41) is 22.3. The molecule has 1 aliphatic rings. The van der Waals surface area contributed by atoms with E-state index in [9.17, 15) is 10.1 Å². The molecule has 2 unspecified atom stereocenters. The summed E-state index contributed by atoms with van der Waals surface area (Å²) >= 11 is 0. The van der Waals surface area contributed by atoms with E-state index in [0.717, 1.165) is 25.8 Å². The molecule has 0 aliphatic carbocycles. The molecule has 0 aromatic carbocycles. The predicted molar refractivity (Wildman–Crippen MR) is 78.0 cm³/mol. The standard InChI is InChI=1S/C13H23N5O2/c1-4-5-11-12(18(19)20)13(17(3)16-11)15-10-6-7-14-9(2)8-10/h9-10,14-15H,4-8H2,1-3H3. The Morgan fingerprint density at radius 2 is 2.35 bits per heavy atom. The first-order valence-electron chi connectivity index (χ1n) is 7.23. The van der Waals surface area contributed by atoms with Crippen molar-refractivity contribution in [1.29, 1.82) is 0 Å². The summed E-state index contributed by atoms with van der Waals surface area (Å²) in [6.45, 7) is 5.07. The first-order chi connectivity index (χ1) is 9.52. The lowest BCUT2D eigenvalue weighted by Gasteiger charge is -2.28. The highest BCUT2D eigenvalue weighted by atomic mass is 16.6. The van der Waals surface area contributed by atoms with Gasteiger partial charge in [0.1, 0.15) is 5.69 Å². The van der Waals surface area contributed by atoms with Crippen molar-refractivity contribution in [2.75, 3.05) is 11.9 Å². The molecule has 1 fully saturated rings. The van der Waals surface area contributed by atoms with E-state index < -0.39 is 0 Å². The molecular weight excluding hydrogens is 258 g/mol. The van der Waals surface area contributed by atoms with Crippen LogP contribution in [-0.4, -0.2) is 33.3 Å². The van der Waals surface area contributed by atoms with Crippen LogP contribution in [0, 0.1) is 10.1 Å². The van der Waals surface area contributed by atoms with Crippen LogP contribution in [0.15, 0.2) is 0 Å². The van der Waals surface area contributed by atoms with Gasteiger partial charge in [-0.15, -0.1) is 0 Å². The Labute approximate surface area is 118 Å². The molecule has 20 heavy (non-hydrogen) atoms. The van der Waals surface area contributed by atoms with Crippen LogP contribution in [0.1, 0.15) is 38.8 Å². The first-order valence-corrected chi connectivity index (χ1v) is 7.23. The van der Waals surface area contributed by atoms with E-state index in [0.29, 0.717) is 24.0 Å². The van der Waals surface area contributed by atoms with Gasteiger partial charge in [-0.25, -0.2) is 4.68 Å². The van der Waals surface area contributed by atoms with Crippen molar-refractivity contribution < 1.29 is 4.92 Å². The van der Waals surface area contributed by atoms with Crippen LogP contribution >= 0.6 is 0 Å². The molecule has 1 aliphatic heterocycles. The smallest absolute Gasteiger partial charge is 0.333 e. The van der Waals surface area contributed by atoms with E-state index in [1.165, 1.54) is 0 Å². The lowest BCUT2D eigenvalue weighted by Crippen LogP contribution is -2.41. The summed E-state index contributed by atoms with van der Waals surface area (Å²) in [5.41, 5.74) is 0.713. The van der Waals surface area contributed by atoms with Gasteiger partial charge in [-0.3, -0.25) is 10.1 Å². The number of hydrogen-bond donors (Lipinski definition) is 2. The van der Waals surface area contributed by atoms with E-state index in [1.807, 2.05) is 6.92 Å². The van der Waals surface area contributed by atoms with Gasteiger partial charge >= 0.3 is 5.69 Å². The maximum Gasteiger partial charge on any atom is 0.333 e. The van der Waals surface area contributed by atoms with E-state index in [4.69, 9.17) is 0 Å². The van der Waals surface area contributed by atoms with E-state index in [2.05, 4.69) is 22.7 Å². The number of piperidine rings is 1. The van der Waals surface area contributed by atoms with Gasteiger partial charge in [0.25, 0.3) is 0 Å². The van der Waals surface area contributed by atoms with Crippen molar-refractivity contribution in [3.63, 3.8) is 0 Å². The molecule has 2 atom stereocenters. The first kappa shape index (κ1) is 14.8. The number of rotatable bonds is 5. The highest BCUT2D eigenvalue weighted by Crippen LogP contribution is 2.30. The Morgan fingerprint density at radius 3 is 2.95 bits per heavy atom. The van der Waals surface area contributed by atoms with Gasteiger partial charge < -0.3 is 10.6 Å². The summed E-state index contributed by atoms with van der Waals surface area (Å²) in [6, 6.07) is 0.693. The second-order valence-electron chi connectivity index (χ2n) is 5.50. The zero-order chi connectivity index (χ0) is 14.7. The average molecular weight is 281 g/mol. The average Bonchev–Trinajstić information content (AvgIpc) is 2.66. The quantitative estimate of drug-likeness (QED) is 0.635. The molecule has 0 saturated carbocycles. The third kappa shape index (κ3) is 3.09. The molecule has 2 heterocycles. The zero-order valence-corrected chi connectivity index (χ0v) is 12.3. The highest BCUT2D eigenvalue weighted by molar-refractivity contribution is 5.60. The molecule has 7 heteroatoms. The lowest BCUT2D eigenvalue weighted by molar-refractivity contribution is -0.384. The molecule has 0 amide bonds. The van der Waals surface area contributed by atoms with Crippen LogP contribution in [0.5, 0.6) is 0 Å². The minimum Gasteiger partial charge on any atom is -0.362 e. The molecule has 1 saturated heterocycles. The fraction of sp³-hybridized carbons (Fsp3) is 0.769. The summed E-state index contributed by atoms with van der Waals surface area (Å²) in [6.07, 6.45) is 3.41. The monoisotopic (exact) mass is 281 g/mol. The van der Waals surface area contributed by atoms with Gasteiger partial charge in [-0.1, -0.05) is 13.3 Å². The maximum atomic E-state index is 11.3. The summed E-state index contributed by atoms with van der Waals surface area (Å²) in [4.78, 5) is 11.0. The normalized spacial score (nSPS) is 22.8. The van der Waals surface area contributed by atoms with Crippen LogP contribution in [0.2, 0.25) is 0 Å². The summed E-state index contributed by atoms with van der Waals surface area (Å²) < 4.78 is 1.61. The van der Waals surface area contributed by atoms with Crippen molar-refractivity contribution in [1.82, 2.24) is 15.1 Å². The Bertz CT molecular complexity index is 485. The Balaban J connectivity index is 2.23. The molecule has 1 aromatic rings. The predicted octanol–water partition coefficient (Wildman–Crippen LogP) is 1.83. The second kappa shape index (κ2) is 6.21. The van der Waals surface area contributed by atoms with Gasteiger partial charge in [0.05, 0.1) is 4.92 Å². The number of nitrogens with one attached hydrogen (secondary N) is 2. The molecule has 2 rings (SSSR count). The van der Waals surface area contributed by atoms with Gasteiger partial charge in [0.2, 0.25) is 5.82 Å². The number of aromatic nitrogens is 2. The minimum atomic E-state index is -0.315. The zero-order valence-electron chi connectivity index (χ0n) is 12.3. The van der Waals surface area contributed by atoms with Gasteiger partial charge in [0, 0.05) is 19.1 Å². The topological polar surface area (TPSA) is 85.0 Å². The summed E-state index contributed by atoms with van der Waals surface area (Å²) in [7, 11) is 1.76. The molecular formula is C13H23N5O2. The fourth-order valence-corrected chi connectivity index (χ4v) is 2.78. The molecule has 0 radical (unpaired) electrons. The van der Waals surface area contributed by atoms with E-state index in [-0.39, 0.29) is 16.7 Å². The highest BCUT2D eigenvalue weighted by Gasteiger charge is 2.28. The Hall–Kier alpha value is -1.63. The van der Waals surface area contributed by atoms with Gasteiger partial charge in [-0.05, 0) is 32.7 Å². The molecule has 0 spiro atoms. The number of anilines is 1.